The van der Waals surface area contributed by atoms with E-state index in [1.807, 2.05) is 24.3 Å². The molecule has 1 aromatic heterocycles. The zero-order valence-corrected chi connectivity index (χ0v) is 19.0. The molecule has 0 unspecified atom stereocenters. The van der Waals surface area contributed by atoms with Gasteiger partial charge in [0, 0.05) is 20.6 Å². The summed E-state index contributed by atoms with van der Waals surface area (Å²) in [6, 6.07) is 18.1. The van der Waals surface area contributed by atoms with Crippen molar-refractivity contribution in [1.29, 1.82) is 0 Å². The lowest BCUT2D eigenvalue weighted by Crippen LogP contribution is -1.93. The van der Waals surface area contributed by atoms with Crippen molar-refractivity contribution >= 4 is 64.0 Å². The second-order valence-corrected chi connectivity index (χ2v) is 8.66. The van der Waals surface area contributed by atoms with Gasteiger partial charge in [-0.1, -0.05) is 46.4 Å². The molecule has 4 aromatic rings. The summed E-state index contributed by atoms with van der Waals surface area (Å²) < 4.78 is 10.8. The van der Waals surface area contributed by atoms with Gasteiger partial charge in [-0.05, 0) is 72.6 Å². The molecule has 0 fully saturated rings. The lowest BCUT2D eigenvalue weighted by molar-refractivity contribution is 0.483. The van der Waals surface area contributed by atoms with Gasteiger partial charge >= 0.3 is 0 Å². The topological polar surface area (TPSA) is 39.1 Å². The summed E-state index contributed by atoms with van der Waals surface area (Å²) in [4.78, 5) is 0.854. The van der Waals surface area contributed by atoms with E-state index in [4.69, 9.17) is 51.1 Å². The first kappa shape index (κ1) is 21.2. The van der Waals surface area contributed by atoms with Crippen LogP contribution in [0.15, 0.2) is 78.0 Å². The molecule has 9 heteroatoms. The number of anilines is 1. The summed E-state index contributed by atoms with van der Waals surface area (Å²) in [5, 5.41) is 6.60. The minimum absolute atomic E-state index is 0.460. The average molecular weight is 497 g/mol. The lowest BCUT2D eigenvalue weighted by atomic mass is 10.3. The highest BCUT2D eigenvalue weighted by molar-refractivity contribution is 8.00. The van der Waals surface area contributed by atoms with Crippen LogP contribution in [0.2, 0.25) is 20.1 Å². The number of halogens is 4. The van der Waals surface area contributed by atoms with E-state index in [9.17, 15) is 0 Å². The van der Waals surface area contributed by atoms with Gasteiger partial charge < -0.3 is 9.46 Å². The minimum Gasteiger partial charge on any atom is -0.452 e. The Hall–Kier alpha value is -2.02. The third-order valence-electron chi connectivity index (χ3n) is 3.98. The standard InChI is InChI=1S/C21H13Cl4N3OS/c22-13-1-5-16(6-2-13)28-12-17(11-26-28)29-20-7-4-15(10-18(20)24)27-30-21-8-3-14(23)9-19(21)25/h1-12,27H. The molecule has 0 saturated carbocycles. The molecule has 30 heavy (non-hydrogen) atoms. The molecule has 4 rings (SSSR count). The predicted octanol–water partition coefficient (Wildman–Crippen LogP) is 8.40. The van der Waals surface area contributed by atoms with Crippen molar-refractivity contribution in [1.82, 2.24) is 9.78 Å². The van der Waals surface area contributed by atoms with Crippen LogP contribution in [0.1, 0.15) is 0 Å². The van der Waals surface area contributed by atoms with Crippen molar-refractivity contribution < 1.29 is 4.74 Å². The minimum atomic E-state index is 0.460. The monoisotopic (exact) mass is 495 g/mol. The Morgan fingerprint density at radius 3 is 2.33 bits per heavy atom. The molecule has 0 radical (unpaired) electrons. The smallest absolute Gasteiger partial charge is 0.165 e. The molecule has 152 valence electrons. The highest BCUT2D eigenvalue weighted by Crippen LogP contribution is 2.35. The van der Waals surface area contributed by atoms with E-state index in [0.29, 0.717) is 31.6 Å². The summed E-state index contributed by atoms with van der Waals surface area (Å²) in [5.74, 6) is 1.09. The number of hydrogen-bond acceptors (Lipinski definition) is 4. The Kier molecular flexibility index (Phi) is 6.66. The van der Waals surface area contributed by atoms with Crippen LogP contribution >= 0.6 is 58.4 Å². The zero-order chi connectivity index (χ0) is 21.1. The van der Waals surface area contributed by atoms with Crippen LogP contribution < -0.4 is 9.46 Å². The molecule has 1 N–H and O–H groups in total. The predicted molar refractivity (Wildman–Crippen MR) is 126 cm³/mol. The van der Waals surface area contributed by atoms with E-state index in [1.54, 1.807) is 53.5 Å². The first-order chi connectivity index (χ1) is 14.5. The quantitative estimate of drug-likeness (QED) is 0.272. The van der Waals surface area contributed by atoms with Crippen molar-refractivity contribution in [2.75, 3.05) is 4.72 Å². The van der Waals surface area contributed by atoms with Gasteiger partial charge in [-0.2, -0.15) is 5.10 Å². The van der Waals surface area contributed by atoms with Crippen LogP contribution in [0.5, 0.6) is 11.5 Å². The van der Waals surface area contributed by atoms with Crippen molar-refractivity contribution in [3.8, 4) is 17.2 Å². The molecule has 0 spiro atoms. The van der Waals surface area contributed by atoms with E-state index < -0.39 is 0 Å². The third-order valence-corrected chi connectivity index (χ3v) is 6.10. The van der Waals surface area contributed by atoms with Crippen LogP contribution in [0.3, 0.4) is 0 Å². The molecule has 0 bridgehead atoms. The van der Waals surface area contributed by atoms with Crippen LogP contribution in [0, 0.1) is 0 Å². The number of aromatic nitrogens is 2. The molecular weight excluding hydrogens is 484 g/mol. The highest BCUT2D eigenvalue weighted by atomic mass is 35.5. The van der Waals surface area contributed by atoms with Gasteiger partial charge in [0.05, 0.1) is 28.1 Å². The maximum absolute atomic E-state index is 6.39. The van der Waals surface area contributed by atoms with Crippen molar-refractivity contribution in [2.24, 2.45) is 0 Å². The van der Waals surface area contributed by atoms with Gasteiger partial charge in [0.2, 0.25) is 0 Å². The molecule has 0 aliphatic carbocycles. The zero-order valence-electron chi connectivity index (χ0n) is 15.2. The molecule has 0 saturated heterocycles. The van der Waals surface area contributed by atoms with E-state index in [-0.39, 0.29) is 0 Å². The van der Waals surface area contributed by atoms with Crippen molar-refractivity contribution in [2.45, 2.75) is 4.90 Å². The largest absolute Gasteiger partial charge is 0.452 e. The second kappa shape index (κ2) is 9.41. The van der Waals surface area contributed by atoms with Crippen molar-refractivity contribution in [3.05, 3.63) is 93.1 Å². The lowest BCUT2D eigenvalue weighted by Gasteiger charge is -2.10. The SMILES string of the molecule is Clc1ccc(-n2cc(Oc3ccc(NSc4ccc(Cl)cc4Cl)cc3Cl)cn2)cc1. The molecule has 4 nitrogen and oxygen atoms in total. The normalized spacial score (nSPS) is 10.8. The molecular formula is C21H13Cl4N3OS. The van der Waals surface area contributed by atoms with Gasteiger partial charge in [0.15, 0.2) is 5.75 Å². The number of hydrogen-bond donors (Lipinski definition) is 1. The molecule has 0 atom stereocenters. The fraction of sp³-hybridized carbons (Fsp3) is 0. The highest BCUT2D eigenvalue weighted by Gasteiger charge is 2.09. The fourth-order valence-corrected chi connectivity index (χ4v) is 4.06. The van der Waals surface area contributed by atoms with Gasteiger partial charge in [-0.25, -0.2) is 4.68 Å². The number of benzene rings is 3. The first-order valence-corrected chi connectivity index (χ1v) is 11.0. The maximum atomic E-state index is 6.39. The summed E-state index contributed by atoms with van der Waals surface area (Å²) in [6.07, 6.45) is 3.39. The van der Waals surface area contributed by atoms with Gasteiger partial charge in [-0.15, -0.1) is 0 Å². The summed E-state index contributed by atoms with van der Waals surface area (Å²) in [7, 11) is 0. The van der Waals surface area contributed by atoms with E-state index >= 15 is 0 Å². The Morgan fingerprint density at radius 1 is 0.833 bits per heavy atom. The second-order valence-electron chi connectivity index (χ2n) is 6.12. The van der Waals surface area contributed by atoms with E-state index in [2.05, 4.69) is 9.82 Å². The summed E-state index contributed by atoms with van der Waals surface area (Å²) in [6.45, 7) is 0. The Labute approximate surface area is 197 Å². The molecule has 0 amide bonds. The molecule has 3 aromatic carbocycles. The van der Waals surface area contributed by atoms with E-state index in [1.165, 1.54) is 11.9 Å². The van der Waals surface area contributed by atoms with E-state index in [0.717, 1.165) is 16.3 Å². The molecule has 1 heterocycles. The Morgan fingerprint density at radius 2 is 1.60 bits per heavy atom. The van der Waals surface area contributed by atoms with Crippen LogP contribution in [-0.4, -0.2) is 9.78 Å². The number of nitrogens with one attached hydrogen (secondary N) is 1. The number of nitrogens with zero attached hydrogens (tertiary/aromatic N) is 2. The van der Waals surface area contributed by atoms with Gasteiger partial charge in [-0.3, -0.25) is 0 Å². The maximum Gasteiger partial charge on any atom is 0.165 e. The van der Waals surface area contributed by atoms with Crippen LogP contribution in [0.4, 0.5) is 5.69 Å². The fourth-order valence-electron chi connectivity index (χ4n) is 2.54. The first-order valence-electron chi connectivity index (χ1n) is 8.64. The Balaban J connectivity index is 1.43. The molecule has 0 aliphatic heterocycles. The Bertz CT molecular complexity index is 1180. The number of ether oxygens (including phenoxy) is 1. The van der Waals surface area contributed by atoms with Crippen molar-refractivity contribution in [3.63, 3.8) is 0 Å². The third kappa shape index (κ3) is 5.17. The van der Waals surface area contributed by atoms with Crippen LogP contribution in [-0.2, 0) is 0 Å². The summed E-state index contributed by atoms with van der Waals surface area (Å²) in [5.41, 5.74) is 1.68. The molecule has 0 aliphatic rings. The number of rotatable bonds is 6. The summed E-state index contributed by atoms with van der Waals surface area (Å²) >= 11 is 25.8. The van der Waals surface area contributed by atoms with Gasteiger partial charge in [0.25, 0.3) is 0 Å². The van der Waals surface area contributed by atoms with Crippen LogP contribution in [0.25, 0.3) is 5.69 Å². The van der Waals surface area contributed by atoms with Gasteiger partial charge in [0.1, 0.15) is 5.75 Å². The average Bonchev–Trinajstić information content (AvgIpc) is 3.18.